The summed E-state index contributed by atoms with van der Waals surface area (Å²) in [4.78, 5) is 4.44. The maximum absolute atomic E-state index is 4.62. The van der Waals surface area contributed by atoms with Crippen molar-refractivity contribution >= 4 is 39.5 Å². The molecular weight excluding hydrogens is 400 g/mol. The van der Waals surface area contributed by atoms with Crippen molar-refractivity contribution in [2.45, 2.75) is 25.7 Å². The van der Waals surface area contributed by atoms with Crippen LogP contribution in [0.3, 0.4) is 0 Å². The molecule has 0 bridgehead atoms. The van der Waals surface area contributed by atoms with E-state index in [0.29, 0.717) is 0 Å². The average molecular weight is 427 g/mol. The molecule has 160 valence electrons. The summed E-state index contributed by atoms with van der Waals surface area (Å²) in [6, 6.07) is 26.0. The third-order valence-electron chi connectivity index (χ3n) is 6.95. The monoisotopic (exact) mass is 426 g/mol. The quantitative estimate of drug-likeness (QED) is 0.315. The number of hydrogen-bond donors (Lipinski definition) is 0. The zero-order valence-corrected chi connectivity index (χ0v) is 19.0. The van der Waals surface area contributed by atoms with Crippen LogP contribution in [0.15, 0.2) is 91.8 Å². The minimum Gasteiger partial charge on any atom is -0.307 e. The van der Waals surface area contributed by atoms with Crippen LogP contribution in [0.25, 0.3) is 45.2 Å². The molecule has 33 heavy (non-hydrogen) atoms. The van der Waals surface area contributed by atoms with E-state index in [-0.39, 0.29) is 5.41 Å². The van der Waals surface area contributed by atoms with Gasteiger partial charge in [-0.15, -0.1) is 0 Å². The molecule has 6 rings (SSSR count). The fourth-order valence-electron chi connectivity index (χ4n) is 5.26. The Kier molecular flexibility index (Phi) is 4.38. The van der Waals surface area contributed by atoms with Gasteiger partial charge in [-0.3, -0.25) is 4.98 Å². The lowest BCUT2D eigenvalue weighted by Crippen LogP contribution is -2.24. The molecule has 0 atom stereocenters. The lowest BCUT2D eigenvalue weighted by atomic mass is 9.77. The highest BCUT2D eigenvalue weighted by Crippen LogP contribution is 2.42. The molecule has 1 aliphatic rings. The summed E-state index contributed by atoms with van der Waals surface area (Å²) >= 11 is 0. The van der Waals surface area contributed by atoms with Crippen LogP contribution in [0, 0.1) is 0 Å². The van der Waals surface area contributed by atoms with Gasteiger partial charge in [0.1, 0.15) is 0 Å². The summed E-state index contributed by atoms with van der Waals surface area (Å²) in [6.45, 7) is 9.30. The summed E-state index contributed by atoms with van der Waals surface area (Å²) in [5.41, 5.74) is 7.00. The van der Waals surface area contributed by atoms with Crippen LogP contribution in [0.4, 0.5) is 0 Å². The van der Waals surface area contributed by atoms with Gasteiger partial charge in [-0.1, -0.05) is 81.1 Å². The molecule has 0 unspecified atom stereocenters. The molecule has 0 amide bonds. The van der Waals surface area contributed by atoms with Gasteiger partial charge in [0.05, 0.1) is 22.9 Å². The van der Waals surface area contributed by atoms with Crippen molar-refractivity contribution in [3.63, 3.8) is 0 Å². The van der Waals surface area contributed by atoms with E-state index in [1.54, 1.807) is 0 Å². The highest BCUT2D eigenvalue weighted by molar-refractivity contribution is 6.14. The van der Waals surface area contributed by atoms with E-state index in [1.807, 2.05) is 18.5 Å². The van der Waals surface area contributed by atoms with Crippen LogP contribution in [0.1, 0.15) is 31.4 Å². The maximum Gasteiger partial charge on any atom is 0.0645 e. The van der Waals surface area contributed by atoms with Crippen LogP contribution in [0.5, 0.6) is 0 Å². The van der Waals surface area contributed by atoms with Gasteiger partial charge in [0.25, 0.3) is 0 Å². The molecule has 1 aliphatic carbocycles. The van der Waals surface area contributed by atoms with Crippen LogP contribution >= 0.6 is 0 Å². The third-order valence-corrected chi connectivity index (χ3v) is 6.95. The molecule has 3 aromatic carbocycles. The van der Waals surface area contributed by atoms with Gasteiger partial charge in [0.2, 0.25) is 0 Å². The summed E-state index contributed by atoms with van der Waals surface area (Å²) in [6.07, 6.45) is 9.35. The fraction of sp³-hybridized carbons (Fsp3) is 0.129. The van der Waals surface area contributed by atoms with E-state index >= 15 is 0 Å². The Balaban J connectivity index is 1.82. The van der Waals surface area contributed by atoms with Crippen molar-refractivity contribution in [1.29, 1.82) is 0 Å². The first-order valence-corrected chi connectivity index (χ1v) is 11.5. The molecule has 0 N–H and O–H groups in total. The third kappa shape index (κ3) is 3.06. The van der Waals surface area contributed by atoms with Crippen molar-refractivity contribution in [3.05, 3.63) is 113 Å². The number of aromatic nitrogens is 2. The number of benzene rings is 3. The fourth-order valence-corrected chi connectivity index (χ4v) is 5.26. The van der Waals surface area contributed by atoms with Crippen molar-refractivity contribution in [3.8, 4) is 5.69 Å². The average Bonchev–Trinajstić information content (AvgIpc) is 3.19. The zero-order valence-electron chi connectivity index (χ0n) is 19.0. The summed E-state index contributed by atoms with van der Waals surface area (Å²) in [5, 5.41) is 4.97. The molecule has 2 nitrogen and oxygen atoms in total. The van der Waals surface area contributed by atoms with Gasteiger partial charge in [-0.2, -0.15) is 0 Å². The topological polar surface area (TPSA) is 17.8 Å². The molecule has 0 fully saturated rings. The number of allylic oxidation sites excluding steroid dienone is 1. The van der Waals surface area contributed by atoms with E-state index in [2.05, 4.69) is 109 Å². The predicted octanol–water partition coefficient (Wildman–Crippen LogP) is 6.13. The van der Waals surface area contributed by atoms with E-state index in [9.17, 15) is 0 Å². The van der Waals surface area contributed by atoms with Crippen molar-refractivity contribution in [2.75, 3.05) is 0 Å². The molecule has 0 saturated heterocycles. The van der Waals surface area contributed by atoms with Gasteiger partial charge in [0, 0.05) is 22.5 Å². The standard InChI is InChI=1S/C31H26N2/c1-21-19-23-10-5-4-9-22(23)16-17-31(2,3)27-15-14-26-25-12-6-7-13-28(25)33(30(26)29(21)27)24-11-8-18-32-20-24/h4-16,18-20H,1,17H2,2-3H3/b22-16-,23-19-. The first kappa shape index (κ1) is 19.8. The zero-order chi connectivity index (χ0) is 22.6. The Bertz CT molecular complexity index is 1670. The van der Waals surface area contributed by atoms with Crippen LogP contribution in [-0.2, 0) is 5.41 Å². The van der Waals surface area contributed by atoms with Crippen LogP contribution in [0.2, 0.25) is 0 Å². The van der Waals surface area contributed by atoms with Crippen LogP contribution in [-0.4, -0.2) is 9.55 Å². The lowest BCUT2D eigenvalue weighted by molar-refractivity contribution is 0.546. The Morgan fingerprint density at radius 2 is 1.64 bits per heavy atom. The molecule has 0 saturated carbocycles. The van der Waals surface area contributed by atoms with Gasteiger partial charge in [0.15, 0.2) is 0 Å². The lowest BCUT2D eigenvalue weighted by Gasteiger charge is -2.28. The number of rotatable bonds is 1. The first-order valence-electron chi connectivity index (χ1n) is 11.5. The molecule has 0 aliphatic heterocycles. The minimum absolute atomic E-state index is 0.0476. The van der Waals surface area contributed by atoms with E-state index in [0.717, 1.165) is 17.7 Å². The SMILES string of the molecule is C=C1/C=c2/cccc/c2=C/CC(C)(C)c2ccc3c4ccccc4n(-c4cccnc4)c3c21. The van der Waals surface area contributed by atoms with E-state index in [1.165, 1.54) is 43.4 Å². The molecule has 0 spiro atoms. The van der Waals surface area contributed by atoms with Crippen molar-refractivity contribution in [2.24, 2.45) is 0 Å². The van der Waals surface area contributed by atoms with Gasteiger partial charge < -0.3 is 4.57 Å². The van der Waals surface area contributed by atoms with Gasteiger partial charge in [-0.05, 0) is 57.7 Å². The Labute approximate surface area is 193 Å². The Morgan fingerprint density at radius 3 is 2.45 bits per heavy atom. The maximum atomic E-state index is 4.62. The Morgan fingerprint density at radius 1 is 0.848 bits per heavy atom. The highest BCUT2D eigenvalue weighted by Gasteiger charge is 2.28. The van der Waals surface area contributed by atoms with Crippen molar-refractivity contribution in [1.82, 2.24) is 9.55 Å². The summed E-state index contributed by atoms with van der Waals surface area (Å²) in [5.74, 6) is 0. The number of fused-ring (bicyclic) bond motifs is 6. The first-order chi connectivity index (χ1) is 16.0. The van der Waals surface area contributed by atoms with Gasteiger partial charge >= 0.3 is 0 Å². The molecule has 2 aromatic heterocycles. The second-order valence-corrected chi connectivity index (χ2v) is 9.54. The molecule has 0 radical (unpaired) electrons. The second-order valence-electron chi connectivity index (χ2n) is 9.54. The molecular formula is C31H26N2. The molecule has 2 heterocycles. The second kappa shape index (κ2) is 7.31. The minimum atomic E-state index is -0.0476. The number of pyridine rings is 1. The van der Waals surface area contributed by atoms with Crippen molar-refractivity contribution < 1.29 is 0 Å². The smallest absolute Gasteiger partial charge is 0.0645 e. The summed E-state index contributed by atoms with van der Waals surface area (Å²) in [7, 11) is 0. The Hall–Kier alpha value is -3.91. The molecule has 5 aromatic rings. The predicted molar refractivity (Wildman–Crippen MR) is 140 cm³/mol. The number of para-hydroxylation sites is 1. The van der Waals surface area contributed by atoms with E-state index < -0.39 is 0 Å². The highest BCUT2D eigenvalue weighted by atomic mass is 15.0. The van der Waals surface area contributed by atoms with Gasteiger partial charge in [-0.25, -0.2) is 0 Å². The normalized spacial score (nSPS) is 17.1. The van der Waals surface area contributed by atoms with E-state index in [4.69, 9.17) is 0 Å². The molecule has 2 heteroatoms. The number of hydrogen-bond acceptors (Lipinski definition) is 1. The summed E-state index contributed by atoms with van der Waals surface area (Å²) < 4.78 is 2.36. The largest absolute Gasteiger partial charge is 0.307 e. The van der Waals surface area contributed by atoms with Crippen LogP contribution < -0.4 is 10.4 Å². The number of nitrogens with zero attached hydrogens (tertiary/aromatic N) is 2.